The van der Waals surface area contributed by atoms with E-state index in [1.165, 1.54) is 11.0 Å². The summed E-state index contributed by atoms with van der Waals surface area (Å²) >= 11 is 0. The number of hydrogen-bond donors (Lipinski definition) is 1. The maximum absolute atomic E-state index is 13.7. The fourth-order valence-corrected chi connectivity index (χ4v) is 5.16. The molecule has 0 bridgehead atoms. The molecule has 240 valence electrons. The number of piperazine rings is 1. The van der Waals surface area contributed by atoms with Crippen molar-refractivity contribution in [3.05, 3.63) is 42.1 Å². The highest BCUT2D eigenvalue weighted by Gasteiger charge is 2.32. The van der Waals surface area contributed by atoms with Crippen LogP contribution in [0.3, 0.4) is 0 Å². The monoisotopic (exact) mass is 619 g/mol. The lowest BCUT2D eigenvalue weighted by atomic mass is 10.1. The molecule has 0 radical (unpaired) electrons. The number of terminal acetylenes is 1. The predicted octanol–water partition coefficient (Wildman–Crippen LogP) is 3.60. The van der Waals surface area contributed by atoms with Crippen LogP contribution < -0.4 is 10.1 Å². The number of amides is 3. The Kier molecular flexibility index (Phi) is 11.4. The van der Waals surface area contributed by atoms with Crippen LogP contribution >= 0.6 is 0 Å². The minimum Gasteiger partial charge on any atom is -0.474 e. The molecule has 3 amide bonds. The lowest BCUT2D eigenvalue weighted by Gasteiger charge is -2.36. The Morgan fingerprint density at radius 3 is 2.33 bits per heavy atom. The number of carbonyl (C=O) groups excluding carboxylic acids is 4. The number of carbonyl (C=O) groups is 4. The summed E-state index contributed by atoms with van der Waals surface area (Å²) in [5, 5.41) is 2.80. The van der Waals surface area contributed by atoms with Gasteiger partial charge < -0.3 is 29.3 Å². The van der Waals surface area contributed by atoms with Gasteiger partial charge in [-0.3, -0.25) is 14.4 Å². The topological polar surface area (TPSA) is 140 Å². The smallest absolute Gasteiger partial charge is 0.410 e. The number of benzene rings is 1. The first-order valence-electron chi connectivity index (χ1n) is 15.3. The summed E-state index contributed by atoms with van der Waals surface area (Å²) in [6.45, 7) is 6.03. The average molecular weight is 620 g/mol. The minimum absolute atomic E-state index is 0.00473. The van der Waals surface area contributed by atoms with Crippen molar-refractivity contribution in [3.8, 4) is 29.6 Å². The summed E-state index contributed by atoms with van der Waals surface area (Å²) in [6.07, 6.45) is 8.47. The van der Waals surface area contributed by atoms with Crippen molar-refractivity contribution in [3.63, 3.8) is 0 Å². The largest absolute Gasteiger partial charge is 0.474 e. The van der Waals surface area contributed by atoms with Crippen LogP contribution in [-0.2, 0) is 19.1 Å². The first kappa shape index (κ1) is 33.2. The van der Waals surface area contributed by atoms with E-state index in [-0.39, 0.29) is 69.2 Å². The van der Waals surface area contributed by atoms with E-state index in [9.17, 15) is 19.2 Å². The van der Waals surface area contributed by atoms with Crippen molar-refractivity contribution in [1.29, 1.82) is 0 Å². The predicted molar refractivity (Wildman–Crippen MR) is 165 cm³/mol. The Balaban J connectivity index is 1.53. The standard InChI is InChI=1S/C33H41N5O7/c1-5-21-43-32(42)38-19-17-37(18-20-38)31(41)25(15-16-28(39)45-33(2,3)4)35-30(40)26-22-27(44-24-13-9-10-14-24)36-29(34-26)23-11-7-6-8-12-23/h1,6-8,11-12,22,24-25H,9-10,13-21H2,2-4H3,(H,35,40). The fourth-order valence-electron chi connectivity index (χ4n) is 5.16. The molecule has 1 saturated heterocycles. The van der Waals surface area contributed by atoms with Gasteiger partial charge in [0.05, 0.1) is 0 Å². The first-order chi connectivity index (χ1) is 21.5. The van der Waals surface area contributed by atoms with Crippen LogP contribution in [0.2, 0.25) is 0 Å². The molecule has 1 N–H and O–H groups in total. The van der Waals surface area contributed by atoms with Crippen LogP contribution in [0.25, 0.3) is 11.4 Å². The fraction of sp³-hybridized carbons (Fsp3) is 0.515. The van der Waals surface area contributed by atoms with Gasteiger partial charge in [-0.1, -0.05) is 36.3 Å². The molecule has 1 aliphatic carbocycles. The summed E-state index contributed by atoms with van der Waals surface area (Å²) in [5.41, 5.74) is 0.0435. The van der Waals surface area contributed by atoms with Crippen LogP contribution in [0, 0.1) is 12.3 Å². The normalized spacial score (nSPS) is 16.0. The highest BCUT2D eigenvalue weighted by Crippen LogP contribution is 2.25. The van der Waals surface area contributed by atoms with E-state index in [0.717, 1.165) is 25.7 Å². The SMILES string of the molecule is C#CCOC(=O)N1CCN(C(=O)C(CCC(=O)OC(C)(C)C)NC(=O)c2cc(OC3CCCC3)nc(-c3ccccc3)n2)CC1. The number of nitrogens with zero attached hydrogens (tertiary/aromatic N) is 4. The van der Waals surface area contributed by atoms with E-state index in [4.69, 9.17) is 20.6 Å². The maximum atomic E-state index is 13.7. The molecule has 2 aliphatic rings. The molecule has 2 aromatic rings. The number of ether oxygens (including phenoxy) is 3. The highest BCUT2D eigenvalue weighted by atomic mass is 16.6. The van der Waals surface area contributed by atoms with Crippen molar-refractivity contribution in [2.75, 3.05) is 32.8 Å². The summed E-state index contributed by atoms with van der Waals surface area (Å²) in [6, 6.07) is 9.68. The molecule has 1 unspecified atom stereocenters. The zero-order chi connectivity index (χ0) is 32.4. The van der Waals surface area contributed by atoms with Crippen molar-refractivity contribution in [2.24, 2.45) is 0 Å². The summed E-state index contributed by atoms with van der Waals surface area (Å²) in [7, 11) is 0. The van der Waals surface area contributed by atoms with Gasteiger partial charge in [-0.15, -0.1) is 6.42 Å². The number of rotatable bonds is 10. The Bertz CT molecular complexity index is 1390. The third-order valence-corrected chi connectivity index (χ3v) is 7.35. The quantitative estimate of drug-likeness (QED) is 0.312. The van der Waals surface area contributed by atoms with Crippen molar-refractivity contribution >= 4 is 23.9 Å². The van der Waals surface area contributed by atoms with Crippen LogP contribution in [-0.4, -0.2) is 94.2 Å². The summed E-state index contributed by atoms with van der Waals surface area (Å²) in [5.74, 6) is 1.37. The average Bonchev–Trinajstić information content (AvgIpc) is 3.54. The summed E-state index contributed by atoms with van der Waals surface area (Å²) in [4.78, 5) is 64.3. The van der Waals surface area contributed by atoms with Gasteiger partial charge in [0.2, 0.25) is 11.8 Å². The highest BCUT2D eigenvalue weighted by molar-refractivity contribution is 5.97. The molecule has 2 fully saturated rings. The zero-order valence-electron chi connectivity index (χ0n) is 26.1. The van der Waals surface area contributed by atoms with Crippen LogP contribution in [0.4, 0.5) is 4.79 Å². The zero-order valence-corrected chi connectivity index (χ0v) is 26.1. The molecule has 4 rings (SSSR count). The molecule has 1 atom stereocenters. The second kappa shape index (κ2) is 15.4. The second-order valence-corrected chi connectivity index (χ2v) is 12.0. The van der Waals surface area contributed by atoms with E-state index >= 15 is 0 Å². The van der Waals surface area contributed by atoms with Gasteiger partial charge in [-0.2, -0.15) is 4.98 Å². The minimum atomic E-state index is -1.06. The van der Waals surface area contributed by atoms with Gasteiger partial charge in [0.1, 0.15) is 23.4 Å². The molecule has 0 spiro atoms. The van der Waals surface area contributed by atoms with Crippen LogP contribution in [0.15, 0.2) is 36.4 Å². The molecular weight excluding hydrogens is 578 g/mol. The third-order valence-electron chi connectivity index (χ3n) is 7.35. The Labute approximate surface area is 263 Å². The molecule has 1 aromatic carbocycles. The first-order valence-corrected chi connectivity index (χ1v) is 15.3. The lowest BCUT2D eigenvalue weighted by Crippen LogP contribution is -2.56. The third kappa shape index (κ3) is 9.93. The van der Waals surface area contributed by atoms with E-state index in [1.807, 2.05) is 30.3 Å². The van der Waals surface area contributed by atoms with E-state index in [0.29, 0.717) is 11.4 Å². The Hall–Kier alpha value is -4.66. The van der Waals surface area contributed by atoms with Crippen molar-refractivity contribution < 1.29 is 33.4 Å². The van der Waals surface area contributed by atoms with Crippen LogP contribution in [0.5, 0.6) is 5.88 Å². The Morgan fingerprint density at radius 1 is 1.02 bits per heavy atom. The summed E-state index contributed by atoms with van der Waals surface area (Å²) < 4.78 is 16.6. The molecular formula is C33H41N5O7. The van der Waals surface area contributed by atoms with Crippen molar-refractivity contribution in [2.45, 2.75) is 77.0 Å². The molecule has 1 aliphatic heterocycles. The van der Waals surface area contributed by atoms with Gasteiger partial charge in [0, 0.05) is 44.2 Å². The van der Waals surface area contributed by atoms with E-state index in [1.54, 1.807) is 25.7 Å². The molecule has 2 heterocycles. The van der Waals surface area contributed by atoms with Gasteiger partial charge in [0.15, 0.2) is 12.4 Å². The number of hydrogen-bond acceptors (Lipinski definition) is 9. The Morgan fingerprint density at radius 2 is 1.69 bits per heavy atom. The van der Waals surface area contributed by atoms with Gasteiger partial charge in [0.25, 0.3) is 5.91 Å². The lowest BCUT2D eigenvalue weighted by molar-refractivity contribution is -0.155. The van der Waals surface area contributed by atoms with Gasteiger partial charge in [-0.25, -0.2) is 9.78 Å². The number of nitrogens with one attached hydrogen (secondary N) is 1. The number of aromatic nitrogens is 2. The van der Waals surface area contributed by atoms with Crippen LogP contribution in [0.1, 0.15) is 69.8 Å². The molecule has 12 heteroatoms. The molecule has 1 saturated carbocycles. The van der Waals surface area contributed by atoms with E-state index < -0.39 is 29.6 Å². The maximum Gasteiger partial charge on any atom is 0.410 e. The molecule has 12 nitrogen and oxygen atoms in total. The molecule has 45 heavy (non-hydrogen) atoms. The number of esters is 1. The van der Waals surface area contributed by atoms with Gasteiger partial charge >= 0.3 is 12.1 Å². The van der Waals surface area contributed by atoms with Gasteiger partial charge in [-0.05, 0) is 52.9 Å². The van der Waals surface area contributed by atoms with Crippen molar-refractivity contribution in [1.82, 2.24) is 25.1 Å². The molecule has 1 aromatic heterocycles. The van der Waals surface area contributed by atoms with E-state index in [2.05, 4.69) is 21.2 Å². The second-order valence-electron chi connectivity index (χ2n) is 12.0.